The second-order valence-electron chi connectivity index (χ2n) is 6.94. The highest BCUT2D eigenvalue weighted by Gasteiger charge is 2.35. The maximum Gasteiger partial charge on any atom is 0.0411 e. The Balaban J connectivity index is 1.83. The summed E-state index contributed by atoms with van der Waals surface area (Å²) in [5.74, 6) is 0. The van der Waals surface area contributed by atoms with Gasteiger partial charge in [0.1, 0.15) is 0 Å². The van der Waals surface area contributed by atoms with E-state index >= 15 is 0 Å². The van der Waals surface area contributed by atoms with Gasteiger partial charge in [0.2, 0.25) is 0 Å². The van der Waals surface area contributed by atoms with E-state index in [9.17, 15) is 0 Å². The van der Waals surface area contributed by atoms with Crippen LogP contribution in [0, 0.1) is 0 Å². The molecule has 0 atom stereocenters. The molecule has 0 fully saturated rings. The van der Waals surface area contributed by atoms with E-state index < -0.39 is 0 Å². The van der Waals surface area contributed by atoms with Gasteiger partial charge < -0.3 is 4.90 Å². The van der Waals surface area contributed by atoms with Crippen molar-refractivity contribution < 1.29 is 0 Å². The number of rotatable bonds is 2. The smallest absolute Gasteiger partial charge is 0.0411 e. The lowest BCUT2D eigenvalue weighted by Crippen LogP contribution is -2.16. The second kappa shape index (κ2) is 5.49. The number of anilines is 2. The Hall–Kier alpha value is -2.06. The summed E-state index contributed by atoms with van der Waals surface area (Å²) in [6.45, 7) is 4.63. The van der Waals surface area contributed by atoms with Crippen LogP contribution < -0.4 is 4.90 Å². The van der Waals surface area contributed by atoms with Gasteiger partial charge in [0, 0.05) is 28.3 Å². The topological polar surface area (TPSA) is 3.24 Å². The quantitative estimate of drug-likeness (QED) is 0.490. The molecule has 0 spiro atoms. The Morgan fingerprint density at radius 2 is 1.38 bits per heavy atom. The third-order valence-electron chi connectivity index (χ3n) is 5.15. The molecule has 1 nitrogen and oxygen atoms in total. The van der Waals surface area contributed by atoms with Crippen molar-refractivity contribution in [3.05, 3.63) is 82.3 Å². The predicted molar refractivity (Wildman–Crippen MR) is 106 cm³/mol. The lowest BCUT2D eigenvalue weighted by atomic mass is 9.82. The lowest BCUT2D eigenvalue weighted by Gasteiger charge is -2.25. The van der Waals surface area contributed by atoms with Gasteiger partial charge in [-0.1, -0.05) is 60.1 Å². The van der Waals surface area contributed by atoms with E-state index in [1.807, 2.05) is 0 Å². The average Bonchev–Trinajstić information content (AvgIpc) is 2.82. The van der Waals surface area contributed by atoms with Gasteiger partial charge in [0.25, 0.3) is 0 Å². The maximum atomic E-state index is 3.62. The van der Waals surface area contributed by atoms with Crippen LogP contribution in [-0.2, 0) is 5.41 Å². The molecule has 3 aromatic carbocycles. The first-order chi connectivity index (χ1) is 11.5. The van der Waals surface area contributed by atoms with Crippen molar-refractivity contribution in [2.75, 3.05) is 11.9 Å². The van der Waals surface area contributed by atoms with Crippen molar-refractivity contribution in [2.24, 2.45) is 0 Å². The van der Waals surface area contributed by atoms with Gasteiger partial charge in [-0.15, -0.1) is 0 Å². The SMILES string of the molecule is CN(c1ccccc1)c1ccc2c(c1)C(C)(C)c1cc(Br)ccc1-2. The first-order valence-electron chi connectivity index (χ1n) is 8.22. The molecule has 0 unspecified atom stereocenters. The van der Waals surface area contributed by atoms with Crippen molar-refractivity contribution in [3.8, 4) is 11.1 Å². The number of hydrogen-bond acceptors (Lipinski definition) is 1. The molecular weight excluding hydrogens is 358 g/mol. The second-order valence-corrected chi connectivity index (χ2v) is 7.86. The Morgan fingerprint density at radius 3 is 2.08 bits per heavy atom. The molecule has 3 aromatic rings. The highest BCUT2D eigenvalue weighted by Crippen LogP contribution is 2.50. The standard InChI is InChI=1S/C22H20BrN/c1-22(2)20-13-15(23)9-11-18(20)19-12-10-17(14-21(19)22)24(3)16-7-5-4-6-8-16/h4-14H,1-3H3. The molecule has 4 rings (SSSR count). The van der Waals surface area contributed by atoms with Crippen molar-refractivity contribution in [1.82, 2.24) is 0 Å². The summed E-state index contributed by atoms with van der Waals surface area (Å²) < 4.78 is 1.14. The largest absolute Gasteiger partial charge is 0.345 e. The molecular formula is C22H20BrN. The fourth-order valence-corrected chi connectivity index (χ4v) is 4.07. The fraction of sp³-hybridized carbons (Fsp3) is 0.182. The minimum absolute atomic E-state index is 0.0159. The predicted octanol–water partition coefficient (Wildman–Crippen LogP) is 6.52. The number of halogens is 1. The highest BCUT2D eigenvalue weighted by atomic mass is 79.9. The average molecular weight is 378 g/mol. The zero-order valence-corrected chi connectivity index (χ0v) is 15.8. The third-order valence-corrected chi connectivity index (χ3v) is 5.65. The molecule has 0 aliphatic heterocycles. The monoisotopic (exact) mass is 377 g/mol. The van der Waals surface area contributed by atoms with E-state index in [1.165, 1.54) is 33.6 Å². The molecule has 0 N–H and O–H groups in total. The summed E-state index contributed by atoms with van der Waals surface area (Å²) in [5.41, 5.74) is 7.94. The summed E-state index contributed by atoms with van der Waals surface area (Å²) in [7, 11) is 2.13. The van der Waals surface area contributed by atoms with E-state index in [0.29, 0.717) is 0 Å². The third kappa shape index (κ3) is 2.29. The van der Waals surface area contributed by atoms with Gasteiger partial charge in [0.15, 0.2) is 0 Å². The Bertz CT molecular complexity index is 913. The van der Waals surface area contributed by atoms with Crippen LogP contribution in [0.3, 0.4) is 0 Å². The number of para-hydroxylation sites is 1. The summed E-state index contributed by atoms with van der Waals surface area (Å²) in [4.78, 5) is 2.25. The Labute approximate surface area is 152 Å². The normalized spacial score (nSPS) is 14.2. The summed E-state index contributed by atoms with van der Waals surface area (Å²) in [6.07, 6.45) is 0. The van der Waals surface area contributed by atoms with E-state index in [0.717, 1.165) is 4.47 Å². The van der Waals surface area contributed by atoms with Crippen molar-refractivity contribution in [2.45, 2.75) is 19.3 Å². The molecule has 0 bridgehead atoms. The number of hydrogen-bond donors (Lipinski definition) is 0. The Kier molecular flexibility index (Phi) is 3.54. The van der Waals surface area contributed by atoms with Crippen LogP contribution in [0.15, 0.2) is 71.2 Å². The van der Waals surface area contributed by atoms with Gasteiger partial charge >= 0.3 is 0 Å². The summed E-state index contributed by atoms with van der Waals surface area (Å²) >= 11 is 3.62. The molecule has 2 heteroatoms. The molecule has 0 amide bonds. The first kappa shape index (κ1) is 15.5. The zero-order chi connectivity index (χ0) is 16.9. The number of benzene rings is 3. The Morgan fingerprint density at radius 1 is 0.750 bits per heavy atom. The van der Waals surface area contributed by atoms with Crippen LogP contribution in [0.4, 0.5) is 11.4 Å². The molecule has 0 radical (unpaired) electrons. The molecule has 0 aromatic heterocycles. The van der Waals surface area contributed by atoms with Gasteiger partial charge in [-0.3, -0.25) is 0 Å². The van der Waals surface area contributed by atoms with Gasteiger partial charge in [-0.2, -0.15) is 0 Å². The van der Waals surface area contributed by atoms with E-state index in [4.69, 9.17) is 0 Å². The molecule has 0 heterocycles. The maximum absolute atomic E-state index is 3.62. The van der Waals surface area contributed by atoms with E-state index in [1.54, 1.807) is 0 Å². The van der Waals surface area contributed by atoms with Gasteiger partial charge in [-0.25, -0.2) is 0 Å². The van der Waals surface area contributed by atoms with Crippen LogP contribution in [0.1, 0.15) is 25.0 Å². The number of fused-ring (bicyclic) bond motifs is 3. The summed E-state index contributed by atoms with van der Waals surface area (Å²) in [6, 6.07) is 24.0. The molecule has 1 aliphatic rings. The van der Waals surface area contributed by atoms with Crippen LogP contribution in [0.5, 0.6) is 0 Å². The van der Waals surface area contributed by atoms with Crippen molar-refractivity contribution >= 4 is 27.3 Å². The van der Waals surface area contributed by atoms with Crippen LogP contribution >= 0.6 is 15.9 Å². The van der Waals surface area contributed by atoms with Crippen molar-refractivity contribution in [1.29, 1.82) is 0 Å². The van der Waals surface area contributed by atoms with Crippen LogP contribution in [0.25, 0.3) is 11.1 Å². The molecule has 0 saturated heterocycles. The van der Waals surface area contributed by atoms with Gasteiger partial charge in [0.05, 0.1) is 0 Å². The fourth-order valence-electron chi connectivity index (χ4n) is 3.71. The summed E-state index contributed by atoms with van der Waals surface area (Å²) in [5, 5.41) is 0. The minimum atomic E-state index is 0.0159. The minimum Gasteiger partial charge on any atom is -0.345 e. The van der Waals surface area contributed by atoms with Gasteiger partial charge in [-0.05, 0) is 58.7 Å². The first-order valence-corrected chi connectivity index (χ1v) is 9.01. The molecule has 24 heavy (non-hydrogen) atoms. The molecule has 1 aliphatic carbocycles. The van der Waals surface area contributed by atoms with E-state index in [-0.39, 0.29) is 5.41 Å². The van der Waals surface area contributed by atoms with Crippen LogP contribution in [-0.4, -0.2) is 7.05 Å². The highest BCUT2D eigenvalue weighted by molar-refractivity contribution is 9.10. The molecule has 120 valence electrons. The number of nitrogens with zero attached hydrogens (tertiary/aromatic N) is 1. The van der Waals surface area contributed by atoms with Crippen LogP contribution in [0.2, 0.25) is 0 Å². The lowest BCUT2D eigenvalue weighted by molar-refractivity contribution is 0.660. The zero-order valence-electron chi connectivity index (χ0n) is 14.2. The molecule has 0 saturated carbocycles. The van der Waals surface area contributed by atoms with Crippen molar-refractivity contribution in [3.63, 3.8) is 0 Å². The van der Waals surface area contributed by atoms with E-state index in [2.05, 4.69) is 108 Å².